The zero-order valence-corrected chi connectivity index (χ0v) is 16.0. The highest BCUT2D eigenvalue weighted by molar-refractivity contribution is 7.22. The number of nitrogens with one attached hydrogen (secondary N) is 2. The van der Waals surface area contributed by atoms with Crippen LogP contribution in [0.25, 0.3) is 10.2 Å². The second-order valence-corrected chi connectivity index (χ2v) is 8.00. The molecule has 7 heteroatoms. The van der Waals surface area contributed by atoms with Gasteiger partial charge in [0, 0.05) is 38.8 Å². The van der Waals surface area contributed by atoms with Crippen molar-refractivity contribution in [3.8, 4) is 0 Å². The maximum Gasteiger partial charge on any atom is 0.321 e. The van der Waals surface area contributed by atoms with Crippen molar-refractivity contribution in [1.82, 2.24) is 20.1 Å². The van der Waals surface area contributed by atoms with Gasteiger partial charge in [-0.1, -0.05) is 37.3 Å². The third-order valence-corrected chi connectivity index (χ3v) is 5.71. The zero-order valence-electron chi connectivity index (χ0n) is 15.2. The molecule has 136 valence electrons. The van der Waals surface area contributed by atoms with Gasteiger partial charge in [0.15, 0.2) is 5.13 Å². The topological polar surface area (TPSA) is 60.5 Å². The number of fused-ring (bicyclic) bond motifs is 1. The molecule has 1 saturated heterocycles. The molecule has 1 aromatic heterocycles. The number of hydrogen-bond donors (Lipinski definition) is 2. The van der Waals surface area contributed by atoms with E-state index in [-0.39, 0.29) is 6.03 Å². The summed E-state index contributed by atoms with van der Waals surface area (Å²) in [5.41, 5.74) is 0.917. The number of rotatable bonds is 5. The first-order valence-corrected chi connectivity index (χ1v) is 9.67. The molecule has 1 aromatic carbocycles. The number of carbonyl (C=O) groups excluding carboxylic acids is 1. The van der Waals surface area contributed by atoms with Crippen molar-refractivity contribution in [2.45, 2.75) is 19.9 Å². The van der Waals surface area contributed by atoms with E-state index in [0.29, 0.717) is 23.6 Å². The summed E-state index contributed by atoms with van der Waals surface area (Å²) in [6.07, 6.45) is 0. The molecule has 1 atom stereocenters. The van der Waals surface area contributed by atoms with Gasteiger partial charge in [-0.25, -0.2) is 9.78 Å². The minimum absolute atomic E-state index is 0.182. The first-order valence-electron chi connectivity index (χ1n) is 8.86. The number of thiazole rings is 1. The second-order valence-electron chi connectivity index (χ2n) is 6.97. The molecule has 1 aliphatic heterocycles. The van der Waals surface area contributed by atoms with Crippen LogP contribution in [0.4, 0.5) is 9.93 Å². The SMILES string of the molecule is CC(C)C(CNC(=O)Nc1nc2ccccc2s1)N1CCN(C)CC1. The number of amides is 2. The van der Waals surface area contributed by atoms with Gasteiger partial charge >= 0.3 is 6.03 Å². The van der Waals surface area contributed by atoms with Crippen molar-refractivity contribution >= 4 is 32.7 Å². The highest BCUT2D eigenvalue weighted by atomic mass is 32.1. The van der Waals surface area contributed by atoms with Crippen LogP contribution in [-0.2, 0) is 0 Å². The summed E-state index contributed by atoms with van der Waals surface area (Å²) >= 11 is 1.50. The van der Waals surface area contributed by atoms with Gasteiger partial charge in [-0.05, 0) is 25.1 Å². The summed E-state index contributed by atoms with van der Waals surface area (Å²) in [5.74, 6) is 0.492. The molecular weight excluding hydrogens is 334 g/mol. The molecule has 2 N–H and O–H groups in total. The third-order valence-electron chi connectivity index (χ3n) is 4.76. The van der Waals surface area contributed by atoms with Gasteiger partial charge in [0.1, 0.15) is 0 Å². The Morgan fingerprint density at radius 1 is 1.24 bits per heavy atom. The number of likely N-dealkylation sites (N-methyl/N-ethyl adjacent to an activating group) is 1. The van der Waals surface area contributed by atoms with Crippen LogP contribution in [0.5, 0.6) is 0 Å². The van der Waals surface area contributed by atoms with Crippen molar-refractivity contribution in [3.05, 3.63) is 24.3 Å². The fraction of sp³-hybridized carbons (Fsp3) is 0.556. The molecule has 0 saturated carbocycles. The minimum atomic E-state index is -0.182. The van der Waals surface area contributed by atoms with Crippen LogP contribution >= 0.6 is 11.3 Å². The number of urea groups is 1. The summed E-state index contributed by atoms with van der Waals surface area (Å²) in [6, 6.07) is 8.08. The lowest BCUT2D eigenvalue weighted by molar-refractivity contribution is 0.0890. The van der Waals surface area contributed by atoms with Gasteiger partial charge in [0.2, 0.25) is 0 Å². The van der Waals surface area contributed by atoms with Gasteiger partial charge in [0.05, 0.1) is 10.2 Å². The quantitative estimate of drug-likeness (QED) is 0.860. The monoisotopic (exact) mass is 361 g/mol. The maximum atomic E-state index is 12.3. The Morgan fingerprint density at radius 3 is 2.64 bits per heavy atom. The molecule has 0 bridgehead atoms. The molecule has 25 heavy (non-hydrogen) atoms. The Kier molecular flexibility index (Phi) is 5.88. The van der Waals surface area contributed by atoms with Gasteiger partial charge in [-0.3, -0.25) is 10.2 Å². The molecule has 1 fully saturated rings. The van der Waals surface area contributed by atoms with Crippen LogP contribution in [0.2, 0.25) is 0 Å². The normalized spacial score (nSPS) is 17.8. The Morgan fingerprint density at radius 2 is 1.96 bits per heavy atom. The summed E-state index contributed by atoms with van der Waals surface area (Å²) < 4.78 is 1.08. The van der Waals surface area contributed by atoms with Crippen molar-refractivity contribution in [2.24, 2.45) is 5.92 Å². The van der Waals surface area contributed by atoms with E-state index in [1.165, 1.54) is 11.3 Å². The predicted octanol–water partition coefficient (Wildman–Crippen LogP) is 2.69. The lowest BCUT2D eigenvalue weighted by atomic mass is 10.0. The maximum absolute atomic E-state index is 12.3. The van der Waals surface area contributed by atoms with Crippen LogP contribution in [0.3, 0.4) is 0 Å². The number of carbonyl (C=O) groups is 1. The second kappa shape index (κ2) is 8.12. The van der Waals surface area contributed by atoms with Gasteiger partial charge in [0.25, 0.3) is 0 Å². The predicted molar refractivity (Wildman–Crippen MR) is 104 cm³/mol. The summed E-state index contributed by atoms with van der Waals surface area (Å²) in [5, 5.41) is 6.53. The van der Waals surface area contributed by atoms with Crippen LogP contribution in [0, 0.1) is 5.92 Å². The van der Waals surface area contributed by atoms with Crippen LogP contribution < -0.4 is 10.6 Å². The van der Waals surface area contributed by atoms with Crippen molar-refractivity contribution in [2.75, 3.05) is 45.1 Å². The van der Waals surface area contributed by atoms with Crippen LogP contribution in [0.1, 0.15) is 13.8 Å². The number of benzene rings is 1. The van der Waals surface area contributed by atoms with Gasteiger partial charge in [-0.2, -0.15) is 0 Å². The van der Waals surface area contributed by atoms with E-state index in [0.717, 1.165) is 36.4 Å². The standard InChI is InChI=1S/C18H27N5OS/c1-13(2)15(23-10-8-22(3)9-11-23)12-19-17(24)21-18-20-14-6-4-5-7-16(14)25-18/h4-7,13,15H,8-12H2,1-3H3,(H2,19,20,21,24). The molecule has 2 aromatic rings. The van der Waals surface area contributed by atoms with Gasteiger partial charge in [-0.15, -0.1) is 0 Å². The Labute approximate surface area is 153 Å². The summed E-state index contributed by atoms with van der Waals surface area (Å²) in [7, 11) is 2.16. The first-order chi connectivity index (χ1) is 12.0. The van der Waals surface area contributed by atoms with E-state index in [4.69, 9.17) is 0 Å². The lowest BCUT2D eigenvalue weighted by Crippen LogP contribution is -2.54. The minimum Gasteiger partial charge on any atom is -0.336 e. The Balaban J connectivity index is 1.54. The number of nitrogens with zero attached hydrogens (tertiary/aromatic N) is 3. The highest BCUT2D eigenvalue weighted by Crippen LogP contribution is 2.25. The Hall–Kier alpha value is -1.70. The highest BCUT2D eigenvalue weighted by Gasteiger charge is 2.25. The molecule has 2 amide bonds. The fourth-order valence-electron chi connectivity index (χ4n) is 3.20. The molecule has 1 unspecified atom stereocenters. The van der Waals surface area contributed by atoms with E-state index < -0.39 is 0 Å². The van der Waals surface area contributed by atoms with E-state index in [1.54, 1.807) is 0 Å². The first kappa shape index (κ1) is 18.1. The molecule has 6 nitrogen and oxygen atoms in total. The van der Waals surface area contributed by atoms with Crippen molar-refractivity contribution in [1.29, 1.82) is 0 Å². The van der Waals surface area contributed by atoms with E-state index in [1.807, 2.05) is 24.3 Å². The molecule has 2 heterocycles. The smallest absolute Gasteiger partial charge is 0.321 e. The summed E-state index contributed by atoms with van der Waals surface area (Å²) in [4.78, 5) is 21.5. The molecule has 3 rings (SSSR count). The number of para-hydroxylation sites is 1. The summed E-state index contributed by atoms with van der Waals surface area (Å²) in [6.45, 7) is 9.37. The van der Waals surface area contributed by atoms with Crippen molar-refractivity contribution < 1.29 is 4.79 Å². The lowest BCUT2D eigenvalue weighted by Gasteiger charge is -2.39. The van der Waals surface area contributed by atoms with Gasteiger partial charge < -0.3 is 10.2 Å². The fourth-order valence-corrected chi connectivity index (χ4v) is 4.07. The number of aromatic nitrogens is 1. The number of hydrogen-bond acceptors (Lipinski definition) is 5. The van der Waals surface area contributed by atoms with Crippen LogP contribution in [0.15, 0.2) is 24.3 Å². The molecule has 0 aliphatic carbocycles. The number of piperazine rings is 1. The average Bonchev–Trinajstić information content (AvgIpc) is 2.98. The van der Waals surface area contributed by atoms with E-state index in [2.05, 4.69) is 46.3 Å². The number of anilines is 1. The molecule has 0 radical (unpaired) electrons. The zero-order chi connectivity index (χ0) is 17.8. The molecular formula is C18H27N5OS. The van der Waals surface area contributed by atoms with E-state index >= 15 is 0 Å². The van der Waals surface area contributed by atoms with Crippen LogP contribution in [-0.4, -0.2) is 66.6 Å². The third kappa shape index (κ3) is 4.68. The largest absolute Gasteiger partial charge is 0.336 e. The molecule has 0 spiro atoms. The Bertz CT molecular complexity index is 675. The van der Waals surface area contributed by atoms with E-state index in [9.17, 15) is 4.79 Å². The van der Waals surface area contributed by atoms with Crippen molar-refractivity contribution in [3.63, 3.8) is 0 Å². The average molecular weight is 362 g/mol. The molecule has 1 aliphatic rings.